The SMILES string of the molecule is CCCCCCCCCCCCC(O)CCC(O)C(N)COC(=O)CO. The molecule has 5 N–H and O–H groups in total. The van der Waals surface area contributed by atoms with Crippen molar-refractivity contribution in [3.63, 3.8) is 0 Å². The minimum atomic E-state index is -0.830. The number of hydrogen-bond acceptors (Lipinski definition) is 6. The monoisotopic (exact) mass is 375 g/mol. The number of nitrogens with two attached hydrogens (primary N) is 1. The van der Waals surface area contributed by atoms with E-state index in [0.29, 0.717) is 12.8 Å². The van der Waals surface area contributed by atoms with E-state index >= 15 is 0 Å². The fourth-order valence-electron chi connectivity index (χ4n) is 2.93. The summed E-state index contributed by atoms with van der Waals surface area (Å²) >= 11 is 0. The van der Waals surface area contributed by atoms with Gasteiger partial charge in [0, 0.05) is 0 Å². The van der Waals surface area contributed by atoms with E-state index in [0.717, 1.165) is 19.3 Å². The molecule has 0 aliphatic heterocycles. The van der Waals surface area contributed by atoms with Gasteiger partial charge in [-0.25, -0.2) is 4.79 Å². The molecule has 0 bridgehead atoms. The first kappa shape index (κ1) is 25.3. The van der Waals surface area contributed by atoms with Crippen LogP contribution in [0.25, 0.3) is 0 Å². The smallest absolute Gasteiger partial charge is 0.331 e. The van der Waals surface area contributed by atoms with Crippen molar-refractivity contribution >= 4 is 5.97 Å². The summed E-state index contributed by atoms with van der Waals surface area (Å²) in [5.74, 6) is -0.756. The molecule has 6 nitrogen and oxygen atoms in total. The number of carbonyl (C=O) groups is 1. The van der Waals surface area contributed by atoms with Crippen LogP contribution in [0.1, 0.15) is 90.4 Å². The van der Waals surface area contributed by atoms with Gasteiger partial charge < -0.3 is 25.8 Å². The molecule has 0 fully saturated rings. The van der Waals surface area contributed by atoms with E-state index in [2.05, 4.69) is 11.7 Å². The molecule has 156 valence electrons. The highest BCUT2D eigenvalue weighted by molar-refractivity contribution is 5.70. The molecule has 0 aliphatic carbocycles. The minimum absolute atomic E-state index is 0.130. The van der Waals surface area contributed by atoms with E-state index in [9.17, 15) is 15.0 Å². The maximum atomic E-state index is 10.8. The Kier molecular flexibility index (Phi) is 17.2. The van der Waals surface area contributed by atoms with Gasteiger partial charge in [-0.3, -0.25) is 0 Å². The highest BCUT2D eigenvalue weighted by Gasteiger charge is 2.18. The molecule has 0 heterocycles. The molecule has 0 aromatic heterocycles. The highest BCUT2D eigenvalue weighted by atomic mass is 16.5. The van der Waals surface area contributed by atoms with Crippen molar-refractivity contribution in [2.45, 2.75) is 109 Å². The van der Waals surface area contributed by atoms with Crippen molar-refractivity contribution in [2.24, 2.45) is 5.73 Å². The molecule has 0 aromatic carbocycles. The number of ether oxygens (including phenoxy) is 1. The molecule has 0 amide bonds. The van der Waals surface area contributed by atoms with Crippen LogP contribution >= 0.6 is 0 Å². The van der Waals surface area contributed by atoms with Gasteiger partial charge in [0.2, 0.25) is 0 Å². The Labute approximate surface area is 159 Å². The summed E-state index contributed by atoms with van der Waals surface area (Å²) in [6, 6.07) is -0.699. The summed E-state index contributed by atoms with van der Waals surface area (Å²) < 4.78 is 4.68. The van der Waals surface area contributed by atoms with Gasteiger partial charge >= 0.3 is 5.97 Å². The van der Waals surface area contributed by atoms with Crippen LogP contribution < -0.4 is 5.73 Å². The topological polar surface area (TPSA) is 113 Å². The summed E-state index contributed by atoms with van der Waals surface area (Å²) in [6.45, 7) is 1.41. The lowest BCUT2D eigenvalue weighted by Gasteiger charge is -2.20. The minimum Gasteiger partial charge on any atom is -0.462 e. The Hall–Kier alpha value is -0.690. The summed E-state index contributed by atoms with van der Waals surface area (Å²) in [5, 5.41) is 28.4. The largest absolute Gasteiger partial charge is 0.462 e. The van der Waals surface area contributed by atoms with Crippen LogP contribution in [-0.4, -0.2) is 52.8 Å². The van der Waals surface area contributed by atoms with Crippen LogP contribution in [0.15, 0.2) is 0 Å². The zero-order chi connectivity index (χ0) is 19.6. The lowest BCUT2D eigenvalue weighted by Crippen LogP contribution is -2.40. The van der Waals surface area contributed by atoms with Gasteiger partial charge in [0.25, 0.3) is 0 Å². The number of esters is 1. The fraction of sp³-hybridized carbons (Fsp3) is 0.950. The molecule has 0 spiro atoms. The first-order valence-electron chi connectivity index (χ1n) is 10.4. The zero-order valence-electron chi connectivity index (χ0n) is 16.6. The van der Waals surface area contributed by atoms with Crippen LogP contribution in [-0.2, 0) is 9.53 Å². The Morgan fingerprint density at radius 2 is 1.42 bits per heavy atom. The Bertz CT molecular complexity index is 327. The average Bonchev–Trinajstić information content (AvgIpc) is 2.65. The second-order valence-corrected chi connectivity index (χ2v) is 7.27. The third kappa shape index (κ3) is 15.6. The molecule has 3 atom stereocenters. The maximum absolute atomic E-state index is 10.8. The molecule has 26 heavy (non-hydrogen) atoms. The Morgan fingerprint density at radius 3 is 1.96 bits per heavy atom. The molecule has 0 aliphatic rings. The fourth-order valence-corrected chi connectivity index (χ4v) is 2.93. The van der Waals surface area contributed by atoms with Crippen LogP contribution in [0.3, 0.4) is 0 Å². The first-order chi connectivity index (χ1) is 12.5. The third-order valence-corrected chi connectivity index (χ3v) is 4.75. The second kappa shape index (κ2) is 17.7. The van der Waals surface area contributed by atoms with E-state index in [1.165, 1.54) is 51.4 Å². The number of aliphatic hydroxyl groups is 3. The molecule has 0 saturated heterocycles. The number of rotatable bonds is 18. The molecular weight excluding hydrogens is 334 g/mol. The number of unbranched alkanes of at least 4 members (excludes halogenated alkanes) is 9. The van der Waals surface area contributed by atoms with Crippen molar-refractivity contribution in [3.8, 4) is 0 Å². The van der Waals surface area contributed by atoms with E-state index in [-0.39, 0.29) is 6.61 Å². The van der Waals surface area contributed by atoms with Gasteiger partial charge in [-0.2, -0.15) is 0 Å². The van der Waals surface area contributed by atoms with E-state index in [1.54, 1.807) is 0 Å². The van der Waals surface area contributed by atoms with Crippen molar-refractivity contribution in [1.29, 1.82) is 0 Å². The molecule has 0 aromatic rings. The van der Waals surface area contributed by atoms with Crippen molar-refractivity contribution in [1.82, 2.24) is 0 Å². The molecule has 0 saturated carbocycles. The van der Waals surface area contributed by atoms with Crippen LogP contribution in [0.4, 0.5) is 0 Å². The highest BCUT2D eigenvalue weighted by Crippen LogP contribution is 2.14. The van der Waals surface area contributed by atoms with Gasteiger partial charge in [0.1, 0.15) is 13.2 Å². The standard InChI is InChI=1S/C20H41NO5/c1-2-3-4-5-6-7-8-9-10-11-12-17(23)13-14-19(24)18(21)16-26-20(25)15-22/h17-19,22-24H,2-16,21H2,1H3. The van der Waals surface area contributed by atoms with E-state index in [4.69, 9.17) is 10.8 Å². The summed E-state index contributed by atoms with van der Waals surface area (Å²) in [4.78, 5) is 10.8. The summed E-state index contributed by atoms with van der Waals surface area (Å²) in [7, 11) is 0. The number of aliphatic hydroxyl groups excluding tert-OH is 3. The van der Waals surface area contributed by atoms with Gasteiger partial charge in [-0.1, -0.05) is 71.1 Å². The van der Waals surface area contributed by atoms with Crippen molar-refractivity contribution < 1.29 is 24.9 Å². The van der Waals surface area contributed by atoms with Gasteiger partial charge in [0.05, 0.1) is 18.2 Å². The molecule has 0 rings (SSSR count). The van der Waals surface area contributed by atoms with Crippen LogP contribution in [0, 0.1) is 0 Å². The van der Waals surface area contributed by atoms with Crippen molar-refractivity contribution in [2.75, 3.05) is 13.2 Å². The molecule has 0 radical (unpaired) electrons. The first-order valence-corrected chi connectivity index (χ1v) is 10.4. The Morgan fingerprint density at radius 1 is 0.885 bits per heavy atom. The maximum Gasteiger partial charge on any atom is 0.331 e. The molecule has 3 unspecified atom stereocenters. The average molecular weight is 376 g/mol. The summed E-state index contributed by atoms with van der Waals surface area (Å²) in [6.07, 6.45) is 13.0. The van der Waals surface area contributed by atoms with Gasteiger partial charge in [-0.05, 0) is 19.3 Å². The quantitative estimate of drug-likeness (QED) is 0.216. The van der Waals surface area contributed by atoms with E-state index in [1.807, 2.05) is 0 Å². The van der Waals surface area contributed by atoms with Crippen LogP contribution in [0.5, 0.6) is 0 Å². The predicted octanol–water partition coefficient (Wildman–Crippen LogP) is 2.66. The number of carbonyl (C=O) groups excluding carboxylic acids is 1. The second-order valence-electron chi connectivity index (χ2n) is 7.27. The van der Waals surface area contributed by atoms with E-state index < -0.39 is 30.8 Å². The van der Waals surface area contributed by atoms with Crippen molar-refractivity contribution in [3.05, 3.63) is 0 Å². The summed E-state index contributed by atoms with van der Waals surface area (Å²) in [5.41, 5.74) is 5.72. The van der Waals surface area contributed by atoms with Crippen LogP contribution in [0.2, 0.25) is 0 Å². The predicted molar refractivity (Wildman–Crippen MR) is 104 cm³/mol. The third-order valence-electron chi connectivity index (χ3n) is 4.75. The molecule has 6 heteroatoms. The Balaban J connectivity index is 3.50. The van der Waals surface area contributed by atoms with Gasteiger partial charge in [0.15, 0.2) is 0 Å². The number of hydrogen-bond donors (Lipinski definition) is 4. The lowest BCUT2D eigenvalue weighted by molar-refractivity contribution is -0.148. The zero-order valence-corrected chi connectivity index (χ0v) is 16.6. The molecular formula is C20H41NO5. The lowest BCUT2D eigenvalue weighted by atomic mass is 10.0. The van der Waals surface area contributed by atoms with Gasteiger partial charge in [-0.15, -0.1) is 0 Å². The normalized spacial score (nSPS) is 14.8.